The van der Waals surface area contributed by atoms with E-state index >= 15 is 0 Å². The van der Waals surface area contributed by atoms with Crippen LogP contribution in [0.3, 0.4) is 0 Å². The van der Waals surface area contributed by atoms with Gasteiger partial charge in [-0.05, 0) is 99.7 Å². The molecule has 0 aromatic heterocycles. The maximum absolute atomic E-state index is 14.7. The Labute approximate surface area is 301 Å². The summed E-state index contributed by atoms with van der Waals surface area (Å²) in [7, 11) is 2.14. The van der Waals surface area contributed by atoms with Crippen molar-refractivity contribution in [2.24, 2.45) is 39.4 Å². The molecule has 0 radical (unpaired) electrons. The van der Waals surface area contributed by atoms with Gasteiger partial charge in [-0.1, -0.05) is 76.1 Å². The quantitative estimate of drug-likeness (QED) is 0.191. The van der Waals surface area contributed by atoms with Gasteiger partial charge in [0.15, 0.2) is 0 Å². The van der Waals surface area contributed by atoms with E-state index in [-0.39, 0.29) is 46.3 Å². The highest BCUT2D eigenvalue weighted by atomic mass is 19.4. The van der Waals surface area contributed by atoms with Gasteiger partial charge in [0.1, 0.15) is 11.9 Å². The number of ether oxygens (including phenoxy) is 3. The molecule has 0 spiro atoms. The zero-order chi connectivity index (χ0) is 38.0. The predicted molar refractivity (Wildman–Crippen MR) is 186 cm³/mol. The van der Waals surface area contributed by atoms with Crippen LogP contribution in [0.25, 0.3) is 0 Å². The summed E-state index contributed by atoms with van der Waals surface area (Å²) in [4.78, 5) is 40.3. The Hall–Kier alpha value is -2.72. The molecule has 1 aromatic carbocycles. The molecule has 0 saturated heterocycles. The third-order valence-corrected chi connectivity index (χ3v) is 14.5. The van der Waals surface area contributed by atoms with E-state index in [1.807, 2.05) is 0 Å². The van der Waals surface area contributed by atoms with Crippen molar-refractivity contribution in [3.05, 3.63) is 47.0 Å². The number of esters is 2. The van der Waals surface area contributed by atoms with Crippen molar-refractivity contribution in [2.75, 3.05) is 14.2 Å². The van der Waals surface area contributed by atoms with Gasteiger partial charge in [-0.25, -0.2) is 4.79 Å². The smallest absolute Gasteiger partial charge is 0.432 e. The van der Waals surface area contributed by atoms with E-state index in [4.69, 9.17) is 14.2 Å². The summed E-state index contributed by atoms with van der Waals surface area (Å²) in [6.07, 6.45) is 0.239. The summed E-state index contributed by atoms with van der Waals surface area (Å²) in [5.41, 5.74) is -3.47. The van der Waals surface area contributed by atoms with E-state index in [2.05, 4.69) is 34.6 Å². The van der Waals surface area contributed by atoms with Gasteiger partial charge in [-0.3, -0.25) is 9.59 Å². The number of hydrogen-bond acceptors (Lipinski definition) is 7. The summed E-state index contributed by atoms with van der Waals surface area (Å²) in [6.45, 7) is 14.0. The minimum atomic E-state index is -5.17. The van der Waals surface area contributed by atoms with Crippen LogP contribution in [-0.2, 0) is 34.2 Å². The first-order valence-corrected chi connectivity index (χ1v) is 18.5. The molecule has 2 fully saturated rings. The lowest BCUT2D eigenvalue weighted by Crippen LogP contribution is -2.54. The maximum atomic E-state index is 14.7. The molecule has 8 atom stereocenters. The molecule has 51 heavy (non-hydrogen) atoms. The molecular formula is C41H57F3O7. The third kappa shape index (κ3) is 6.08. The van der Waals surface area contributed by atoms with E-state index < -0.39 is 46.9 Å². The average molecular weight is 719 g/mol. The first-order valence-electron chi connectivity index (χ1n) is 18.5. The number of fused-ring (bicyclic) bond motifs is 4. The first-order chi connectivity index (χ1) is 23.6. The van der Waals surface area contributed by atoms with Crippen LogP contribution in [0.1, 0.15) is 118 Å². The zero-order valence-electron chi connectivity index (χ0n) is 31.8. The molecule has 7 nitrogen and oxygen atoms in total. The number of carbonyl (C=O) groups excluding carboxylic acids is 3. The highest BCUT2D eigenvalue weighted by molar-refractivity contribution is 5.86. The second-order valence-electron chi connectivity index (χ2n) is 17.5. The van der Waals surface area contributed by atoms with Gasteiger partial charge < -0.3 is 19.3 Å². The van der Waals surface area contributed by atoms with E-state index in [0.29, 0.717) is 12.2 Å². The fourth-order valence-corrected chi connectivity index (χ4v) is 11.3. The molecule has 1 aromatic rings. The molecule has 284 valence electrons. The number of aliphatic hydroxyl groups is 1. The Kier molecular flexibility index (Phi) is 10.3. The minimum absolute atomic E-state index is 0.0490. The molecule has 0 heterocycles. The molecule has 4 aliphatic carbocycles. The molecule has 0 amide bonds. The lowest BCUT2D eigenvalue weighted by Gasteiger charge is -2.60. The van der Waals surface area contributed by atoms with E-state index in [1.165, 1.54) is 50.3 Å². The fourth-order valence-electron chi connectivity index (χ4n) is 11.3. The van der Waals surface area contributed by atoms with Crippen molar-refractivity contribution in [1.29, 1.82) is 0 Å². The van der Waals surface area contributed by atoms with Gasteiger partial charge in [-0.2, -0.15) is 13.2 Å². The normalized spacial score (nSPS) is 32.9. The lowest BCUT2D eigenvalue weighted by molar-refractivity contribution is -0.281. The second kappa shape index (κ2) is 13.3. The topological polar surface area (TPSA) is 99.1 Å². The fraction of sp³-hybridized carbons (Fsp3) is 0.732. The Balaban J connectivity index is 1.43. The van der Waals surface area contributed by atoms with Crippen molar-refractivity contribution >= 4 is 17.7 Å². The molecule has 0 bridgehead atoms. The van der Waals surface area contributed by atoms with Gasteiger partial charge in [0.25, 0.3) is 5.60 Å². The van der Waals surface area contributed by atoms with Crippen LogP contribution in [0.2, 0.25) is 0 Å². The summed E-state index contributed by atoms with van der Waals surface area (Å²) in [6, 6.07) is 6.57. The van der Waals surface area contributed by atoms with Gasteiger partial charge in [0, 0.05) is 24.5 Å². The van der Waals surface area contributed by atoms with Crippen LogP contribution < -0.4 is 0 Å². The molecule has 4 aliphatic rings. The van der Waals surface area contributed by atoms with Crippen LogP contribution >= 0.6 is 0 Å². The summed E-state index contributed by atoms with van der Waals surface area (Å²) in [5.74, 6) is -2.20. The Morgan fingerprint density at radius 3 is 2.12 bits per heavy atom. The Morgan fingerprint density at radius 1 is 0.902 bits per heavy atom. The number of methoxy groups -OCH3 is 2. The number of ketones is 1. The highest BCUT2D eigenvalue weighted by Gasteiger charge is 2.66. The van der Waals surface area contributed by atoms with Crippen LogP contribution in [0.4, 0.5) is 13.2 Å². The molecule has 5 rings (SSSR count). The molecule has 10 heteroatoms. The minimum Gasteiger partial charge on any atom is -0.469 e. The Bertz CT molecular complexity index is 1540. The largest absolute Gasteiger partial charge is 0.469 e. The average Bonchev–Trinajstić information content (AvgIpc) is 3.33. The monoisotopic (exact) mass is 718 g/mol. The molecule has 1 N–H and O–H groups in total. The second-order valence-corrected chi connectivity index (χ2v) is 17.5. The van der Waals surface area contributed by atoms with Crippen molar-refractivity contribution in [3.8, 4) is 0 Å². The SMILES string of the molecule is COC(=O)[C@H](CC[C@H](OC(=O)[C@](OC)(c1ccccc1)C(F)(F)F)C(C)(C)O)[C@H]1CC[C@@]2(C)C3=C(CC[C@]12C)[C@@]1(C)CCC(=O)C(C)(C)[C@@H]1CC3. The highest BCUT2D eigenvalue weighted by Crippen LogP contribution is 2.72. The number of carbonyl (C=O) groups is 3. The van der Waals surface area contributed by atoms with Crippen molar-refractivity contribution in [2.45, 2.75) is 136 Å². The first kappa shape index (κ1) is 39.5. The molecule has 0 aliphatic heterocycles. The van der Waals surface area contributed by atoms with Crippen LogP contribution in [0.15, 0.2) is 41.5 Å². The number of halogens is 3. The maximum Gasteiger partial charge on any atom is 0.432 e. The van der Waals surface area contributed by atoms with Crippen molar-refractivity contribution in [3.63, 3.8) is 0 Å². The van der Waals surface area contributed by atoms with E-state index in [0.717, 1.165) is 64.2 Å². The Morgan fingerprint density at radius 2 is 1.55 bits per heavy atom. The molecule has 2 saturated carbocycles. The van der Waals surface area contributed by atoms with Crippen molar-refractivity contribution in [1.82, 2.24) is 0 Å². The zero-order valence-corrected chi connectivity index (χ0v) is 31.8. The lowest BCUT2D eigenvalue weighted by atomic mass is 9.43. The third-order valence-electron chi connectivity index (χ3n) is 14.5. The number of hydrogen-bond donors (Lipinski definition) is 1. The van der Waals surface area contributed by atoms with Crippen LogP contribution in [0, 0.1) is 39.4 Å². The summed E-state index contributed by atoms with van der Waals surface area (Å²) >= 11 is 0. The van der Waals surface area contributed by atoms with E-state index in [9.17, 15) is 32.7 Å². The summed E-state index contributed by atoms with van der Waals surface area (Å²) in [5, 5.41) is 11.2. The number of benzene rings is 1. The standard InChI is InChI=1S/C41H57F3O7/c1-35(2)30-17-16-29-28(37(30,5)22-21-31(35)45)20-24-38(6)27(19-23-39(29,38)7)26(33(46)49-8)15-18-32(36(3,4)48)51-34(47)40(50-9,41(42,43)44)25-13-11-10-12-14-25/h10-14,26-27,30,32,48H,15-24H2,1-9H3/t26-,27-,30+,32+,37-,38-,39+,40-/m1/s1. The number of allylic oxidation sites excluding steroid dienone is 2. The van der Waals surface area contributed by atoms with Crippen LogP contribution in [0.5, 0.6) is 0 Å². The van der Waals surface area contributed by atoms with E-state index in [1.54, 1.807) is 0 Å². The summed E-state index contributed by atoms with van der Waals surface area (Å²) < 4.78 is 59.9. The van der Waals surface area contributed by atoms with Gasteiger partial charge >= 0.3 is 18.1 Å². The van der Waals surface area contributed by atoms with Crippen LogP contribution in [-0.4, -0.2) is 54.9 Å². The number of Topliss-reactive ketones (excluding diaryl/α,β-unsaturated/α-hetero) is 1. The molecule has 0 unspecified atom stereocenters. The van der Waals surface area contributed by atoms with Gasteiger partial charge in [-0.15, -0.1) is 0 Å². The molecular weight excluding hydrogens is 661 g/mol. The number of rotatable bonds is 10. The number of alkyl halides is 3. The van der Waals surface area contributed by atoms with Gasteiger partial charge in [0.05, 0.1) is 18.6 Å². The predicted octanol–water partition coefficient (Wildman–Crippen LogP) is 8.66. The van der Waals surface area contributed by atoms with Crippen molar-refractivity contribution < 1.29 is 46.9 Å². The van der Waals surface area contributed by atoms with Gasteiger partial charge in [0.2, 0.25) is 0 Å².